The molecule has 1 aromatic carbocycles. The summed E-state index contributed by atoms with van der Waals surface area (Å²) in [5, 5.41) is 7.04. The molecule has 0 atom stereocenters. The maximum absolute atomic E-state index is 6.09. The summed E-state index contributed by atoms with van der Waals surface area (Å²) < 4.78 is 5.89. The number of methoxy groups -OCH3 is 1. The first-order valence-electron chi connectivity index (χ1n) is 6.45. The lowest BCUT2D eigenvalue weighted by Gasteiger charge is -2.12. The molecule has 2 aromatic rings. The number of hydrogen-bond acceptors (Lipinski definition) is 5. The summed E-state index contributed by atoms with van der Waals surface area (Å²) in [6, 6.07) is 7.45. The van der Waals surface area contributed by atoms with Crippen molar-refractivity contribution in [2.24, 2.45) is 0 Å². The number of aromatic nitrogens is 2. The van der Waals surface area contributed by atoms with E-state index in [0.29, 0.717) is 23.3 Å². The van der Waals surface area contributed by atoms with Crippen LogP contribution in [-0.2, 0) is 11.3 Å². The monoisotopic (exact) mass is 370 g/mol. The Morgan fingerprint density at radius 2 is 2.05 bits per heavy atom. The van der Waals surface area contributed by atoms with Crippen LogP contribution in [0.1, 0.15) is 12.7 Å². The lowest BCUT2D eigenvalue weighted by atomic mass is 10.3. The Bertz CT molecular complexity index is 600. The van der Waals surface area contributed by atoms with Gasteiger partial charge in [0.1, 0.15) is 18.2 Å². The summed E-state index contributed by atoms with van der Waals surface area (Å²) >= 11 is 9.55. The van der Waals surface area contributed by atoms with E-state index >= 15 is 0 Å². The number of ether oxygens (including phenoxy) is 1. The third kappa shape index (κ3) is 4.30. The third-order valence-corrected chi connectivity index (χ3v) is 4.02. The van der Waals surface area contributed by atoms with E-state index in [1.54, 1.807) is 7.11 Å². The molecule has 0 aliphatic carbocycles. The van der Waals surface area contributed by atoms with Crippen LogP contribution in [0.2, 0.25) is 5.02 Å². The van der Waals surface area contributed by atoms with Gasteiger partial charge in [0.05, 0.1) is 15.2 Å². The van der Waals surface area contributed by atoms with Crippen molar-refractivity contribution in [1.82, 2.24) is 9.97 Å². The van der Waals surface area contributed by atoms with E-state index in [-0.39, 0.29) is 0 Å². The van der Waals surface area contributed by atoms with Gasteiger partial charge in [0, 0.05) is 19.7 Å². The molecule has 5 nitrogen and oxygen atoms in total. The molecule has 0 spiro atoms. The molecule has 0 amide bonds. The number of nitrogens with zero attached hydrogens (tertiary/aromatic N) is 2. The van der Waals surface area contributed by atoms with Gasteiger partial charge in [-0.05, 0) is 35.0 Å². The molecule has 0 aliphatic heterocycles. The summed E-state index contributed by atoms with van der Waals surface area (Å²) in [6.07, 6.45) is 0. The first kappa shape index (κ1) is 16.0. The molecule has 1 heterocycles. The maximum atomic E-state index is 6.09. The van der Waals surface area contributed by atoms with Crippen LogP contribution < -0.4 is 10.6 Å². The normalized spacial score (nSPS) is 10.5. The van der Waals surface area contributed by atoms with Gasteiger partial charge in [-0.25, -0.2) is 9.97 Å². The summed E-state index contributed by atoms with van der Waals surface area (Å²) in [5.74, 6) is 2.03. The maximum Gasteiger partial charge on any atom is 0.158 e. The molecule has 112 valence electrons. The van der Waals surface area contributed by atoms with Crippen LogP contribution in [0.25, 0.3) is 0 Å². The molecular weight excluding hydrogens is 356 g/mol. The van der Waals surface area contributed by atoms with Crippen molar-refractivity contribution in [1.29, 1.82) is 0 Å². The zero-order valence-electron chi connectivity index (χ0n) is 11.8. The summed E-state index contributed by atoms with van der Waals surface area (Å²) in [7, 11) is 1.62. The molecular formula is C14H16BrClN4O. The predicted octanol–water partition coefficient (Wildman–Crippen LogP) is 4.21. The van der Waals surface area contributed by atoms with E-state index in [1.807, 2.05) is 31.2 Å². The molecule has 0 bridgehead atoms. The Hall–Kier alpha value is -1.37. The first-order valence-corrected chi connectivity index (χ1v) is 7.63. The number of nitrogens with one attached hydrogen (secondary N) is 2. The van der Waals surface area contributed by atoms with Gasteiger partial charge in [0.15, 0.2) is 5.82 Å². The van der Waals surface area contributed by atoms with Gasteiger partial charge in [-0.3, -0.25) is 0 Å². The summed E-state index contributed by atoms with van der Waals surface area (Å²) in [4.78, 5) is 8.79. The molecule has 0 aliphatic rings. The molecule has 0 fully saturated rings. The van der Waals surface area contributed by atoms with Gasteiger partial charge in [-0.2, -0.15) is 0 Å². The second kappa shape index (κ2) is 7.59. The van der Waals surface area contributed by atoms with Gasteiger partial charge in [0.2, 0.25) is 0 Å². The second-order valence-electron chi connectivity index (χ2n) is 4.24. The fourth-order valence-electron chi connectivity index (χ4n) is 1.76. The Morgan fingerprint density at radius 3 is 2.76 bits per heavy atom. The Balaban J connectivity index is 2.31. The van der Waals surface area contributed by atoms with Gasteiger partial charge >= 0.3 is 0 Å². The minimum atomic E-state index is 0.352. The first-order chi connectivity index (χ1) is 10.1. The van der Waals surface area contributed by atoms with Gasteiger partial charge in [-0.15, -0.1) is 0 Å². The number of hydrogen-bond donors (Lipinski definition) is 2. The lowest BCUT2D eigenvalue weighted by Crippen LogP contribution is -2.07. The van der Waals surface area contributed by atoms with Crippen LogP contribution in [-0.4, -0.2) is 23.6 Å². The average Bonchev–Trinajstić information content (AvgIpc) is 2.44. The highest BCUT2D eigenvalue weighted by Gasteiger charge is 2.08. The van der Waals surface area contributed by atoms with Crippen molar-refractivity contribution >= 4 is 44.9 Å². The third-order valence-electron chi connectivity index (χ3n) is 2.62. The summed E-state index contributed by atoms with van der Waals surface area (Å²) in [6.45, 7) is 3.15. The van der Waals surface area contributed by atoms with E-state index in [0.717, 1.165) is 22.5 Å². The quantitative estimate of drug-likeness (QED) is 0.796. The van der Waals surface area contributed by atoms with E-state index in [9.17, 15) is 0 Å². The van der Waals surface area contributed by atoms with Crippen molar-refractivity contribution < 1.29 is 4.74 Å². The molecule has 2 N–H and O–H groups in total. The van der Waals surface area contributed by atoms with Crippen molar-refractivity contribution in [3.63, 3.8) is 0 Å². The average molecular weight is 372 g/mol. The SMILES string of the molecule is CCNc1cc(Nc2cccc(Cl)c2Br)nc(COC)n1. The molecule has 0 saturated heterocycles. The van der Waals surface area contributed by atoms with Crippen molar-refractivity contribution in [3.05, 3.63) is 39.6 Å². The number of rotatable bonds is 6. The zero-order valence-corrected chi connectivity index (χ0v) is 14.1. The van der Waals surface area contributed by atoms with Crippen LogP contribution >= 0.6 is 27.5 Å². The molecule has 0 saturated carbocycles. The van der Waals surface area contributed by atoms with Crippen molar-refractivity contribution in [3.8, 4) is 0 Å². The van der Waals surface area contributed by atoms with Gasteiger partial charge < -0.3 is 15.4 Å². The molecule has 0 radical (unpaired) electrons. The van der Waals surface area contributed by atoms with Gasteiger partial charge in [-0.1, -0.05) is 17.7 Å². The summed E-state index contributed by atoms with van der Waals surface area (Å²) in [5.41, 5.74) is 0.840. The molecule has 2 rings (SSSR count). The van der Waals surface area contributed by atoms with Crippen LogP contribution in [0.3, 0.4) is 0 Å². The van der Waals surface area contributed by atoms with Crippen molar-refractivity contribution in [2.75, 3.05) is 24.3 Å². The highest BCUT2D eigenvalue weighted by molar-refractivity contribution is 9.10. The Kier molecular flexibility index (Phi) is 5.78. The van der Waals surface area contributed by atoms with E-state index in [2.05, 4.69) is 36.5 Å². The highest BCUT2D eigenvalue weighted by Crippen LogP contribution is 2.32. The highest BCUT2D eigenvalue weighted by atomic mass is 79.9. The Morgan fingerprint density at radius 1 is 1.29 bits per heavy atom. The van der Waals surface area contributed by atoms with Crippen LogP contribution in [0, 0.1) is 0 Å². The molecule has 1 aromatic heterocycles. The molecule has 7 heteroatoms. The van der Waals surface area contributed by atoms with Crippen LogP contribution in [0.15, 0.2) is 28.7 Å². The van der Waals surface area contributed by atoms with Crippen LogP contribution in [0.4, 0.5) is 17.3 Å². The van der Waals surface area contributed by atoms with Crippen molar-refractivity contribution in [2.45, 2.75) is 13.5 Å². The number of anilines is 3. The number of halogens is 2. The predicted molar refractivity (Wildman–Crippen MR) is 89.3 cm³/mol. The van der Waals surface area contributed by atoms with E-state index in [4.69, 9.17) is 16.3 Å². The minimum absolute atomic E-state index is 0.352. The zero-order chi connectivity index (χ0) is 15.2. The van der Waals surface area contributed by atoms with Gasteiger partial charge in [0.25, 0.3) is 0 Å². The van der Waals surface area contributed by atoms with E-state index in [1.165, 1.54) is 0 Å². The fraction of sp³-hybridized carbons (Fsp3) is 0.286. The topological polar surface area (TPSA) is 59.1 Å². The minimum Gasteiger partial charge on any atom is -0.377 e. The number of benzene rings is 1. The molecule has 21 heavy (non-hydrogen) atoms. The van der Waals surface area contributed by atoms with Crippen LogP contribution in [0.5, 0.6) is 0 Å². The largest absolute Gasteiger partial charge is 0.377 e. The standard InChI is InChI=1S/C14H16BrClN4O/c1-3-17-11-7-12(20-13(19-11)8-21-2)18-10-6-4-5-9(16)14(10)15/h4-7H,3,8H2,1-2H3,(H2,17,18,19,20). The molecule has 0 unspecified atom stereocenters. The fourth-order valence-corrected chi connectivity index (χ4v) is 2.30. The second-order valence-corrected chi connectivity index (χ2v) is 5.44. The smallest absolute Gasteiger partial charge is 0.158 e. The Labute approximate surface area is 137 Å². The van der Waals surface area contributed by atoms with E-state index < -0.39 is 0 Å². The lowest BCUT2D eigenvalue weighted by molar-refractivity contribution is 0.178.